The van der Waals surface area contributed by atoms with Crippen molar-refractivity contribution < 1.29 is 4.79 Å². The highest BCUT2D eigenvalue weighted by Crippen LogP contribution is 2.51. The van der Waals surface area contributed by atoms with E-state index in [4.69, 9.17) is 0 Å². The molecular weight excluding hydrogens is 404 g/mol. The van der Waals surface area contributed by atoms with Gasteiger partial charge in [-0.1, -0.05) is 0 Å². The number of aromatic nitrogens is 1. The van der Waals surface area contributed by atoms with Gasteiger partial charge in [-0.2, -0.15) is 5.26 Å². The van der Waals surface area contributed by atoms with Crippen LogP contribution in [0.3, 0.4) is 0 Å². The molecule has 0 N–H and O–H groups in total. The molecule has 4 aliphatic rings. The largest absolute Gasteiger partial charge is 0.306 e. The number of carbonyl (C=O) groups excluding carboxylic acids is 1. The lowest BCUT2D eigenvalue weighted by Crippen LogP contribution is -2.65. The Hall–Kier alpha value is -1.45. The predicted octanol–water partition coefficient (Wildman–Crippen LogP) is 3.62. The van der Waals surface area contributed by atoms with Crippen LogP contribution in [-0.2, 0) is 10.2 Å². The quantitative estimate of drug-likeness (QED) is 0.721. The fourth-order valence-corrected chi connectivity index (χ4v) is 6.17. The van der Waals surface area contributed by atoms with E-state index in [1.165, 1.54) is 19.3 Å². The number of pyridine rings is 1. The minimum atomic E-state index is -0.606. The van der Waals surface area contributed by atoms with E-state index in [0.29, 0.717) is 0 Å². The molecule has 1 aromatic rings. The molecule has 3 heterocycles. The fourth-order valence-electron chi connectivity index (χ4n) is 5.85. The van der Waals surface area contributed by atoms with E-state index < -0.39 is 11.0 Å². The SMILES string of the molecule is CC1(C)C(=O)N([C@H]2C[C@@](C#N)(N3CC4CCC(C4)C3)C2)c2cc(Br)cnc21. The second-order valence-electron chi connectivity index (χ2n) is 9.48. The van der Waals surface area contributed by atoms with Crippen LogP contribution in [0.15, 0.2) is 16.7 Å². The summed E-state index contributed by atoms with van der Waals surface area (Å²) in [6.07, 6.45) is 7.23. The number of piperidine rings is 1. The predicted molar refractivity (Wildman–Crippen MR) is 106 cm³/mol. The molecule has 1 amide bonds. The molecule has 2 aliphatic carbocycles. The number of amides is 1. The molecule has 6 heteroatoms. The van der Waals surface area contributed by atoms with Crippen LogP contribution in [0.25, 0.3) is 0 Å². The molecule has 2 unspecified atom stereocenters. The maximum atomic E-state index is 13.2. The Labute approximate surface area is 168 Å². The van der Waals surface area contributed by atoms with Crippen molar-refractivity contribution in [2.75, 3.05) is 18.0 Å². The van der Waals surface area contributed by atoms with Crippen LogP contribution in [0.2, 0.25) is 0 Å². The Kier molecular flexibility index (Phi) is 3.77. The molecule has 0 radical (unpaired) electrons. The molecule has 142 valence electrons. The van der Waals surface area contributed by atoms with Gasteiger partial charge < -0.3 is 4.90 Å². The zero-order chi connectivity index (χ0) is 19.0. The van der Waals surface area contributed by atoms with E-state index in [-0.39, 0.29) is 11.9 Å². The molecule has 0 spiro atoms. The molecule has 2 atom stereocenters. The monoisotopic (exact) mass is 428 g/mol. The van der Waals surface area contributed by atoms with Gasteiger partial charge in [0.15, 0.2) is 0 Å². The van der Waals surface area contributed by atoms with Crippen molar-refractivity contribution in [2.24, 2.45) is 11.8 Å². The van der Waals surface area contributed by atoms with Crippen molar-refractivity contribution in [3.8, 4) is 6.07 Å². The standard InChI is InChI=1S/C21H25BrN4O/c1-20(2)18-17(6-15(22)9-24-18)26(19(20)27)16-7-21(8-16,12-23)25-10-13-3-4-14(5-13)11-25/h6,9,13-14,16H,3-5,7-8,10-11H2,1-2H3/t13?,14?,16-,21+. The van der Waals surface area contributed by atoms with E-state index in [0.717, 1.165) is 53.6 Å². The van der Waals surface area contributed by atoms with Crippen LogP contribution < -0.4 is 4.90 Å². The van der Waals surface area contributed by atoms with Gasteiger partial charge in [0, 0.05) is 42.6 Å². The van der Waals surface area contributed by atoms with Crippen molar-refractivity contribution in [2.45, 2.75) is 62.9 Å². The van der Waals surface area contributed by atoms with Gasteiger partial charge in [-0.3, -0.25) is 14.7 Å². The fraction of sp³-hybridized carbons (Fsp3) is 0.667. The summed E-state index contributed by atoms with van der Waals surface area (Å²) in [5.74, 6) is 1.64. The van der Waals surface area contributed by atoms with E-state index >= 15 is 0 Å². The summed E-state index contributed by atoms with van der Waals surface area (Å²) >= 11 is 3.50. The second kappa shape index (κ2) is 5.78. The zero-order valence-corrected chi connectivity index (χ0v) is 17.5. The molecule has 0 aromatic carbocycles. The first-order valence-electron chi connectivity index (χ1n) is 10.00. The van der Waals surface area contributed by atoms with Crippen molar-refractivity contribution in [3.63, 3.8) is 0 Å². The molecule has 1 saturated heterocycles. The highest BCUT2D eigenvalue weighted by Gasteiger charge is 2.58. The van der Waals surface area contributed by atoms with E-state index in [9.17, 15) is 10.1 Å². The summed E-state index contributed by atoms with van der Waals surface area (Å²) in [6, 6.07) is 4.73. The van der Waals surface area contributed by atoms with Gasteiger partial charge in [0.2, 0.25) is 5.91 Å². The van der Waals surface area contributed by atoms with Crippen molar-refractivity contribution in [3.05, 3.63) is 22.4 Å². The molecule has 2 saturated carbocycles. The first-order chi connectivity index (χ1) is 12.8. The third-order valence-electron chi connectivity index (χ3n) is 7.37. The topological polar surface area (TPSA) is 60.2 Å². The van der Waals surface area contributed by atoms with Gasteiger partial charge in [-0.25, -0.2) is 0 Å². The number of nitriles is 1. The number of hydrogen-bond acceptors (Lipinski definition) is 4. The number of likely N-dealkylation sites (tertiary alicyclic amines) is 1. The third kappa shape index (κ3) is 2.44. The molecule has 1 aromatic heterocycles. The molecule has 2 aliphatic heterocycles. The van der Waals surface area contributed by atoms with Crippen molar-refractivity contribution in [1.29, 1.82) is 5.26 Å². The normalized spacial score (nSPS) is 37.0. The third-order valence-corrected chi connectivity index (χ3v) is 7.81. The number of anilines is 1. The van der Waals surface area contributed by atoms with Crippen LogP contribution in [0.5, 0.6) is 0 Å². The summed E-state index contributed by atoms with van der Waals surface area (Å²) in [5, 5.41) is 10.0. The molecular formula is C21H25BrN4O. The minimum absolute atomic E-state index is 0.0911. The van der Waals surface area contributed by atoms with Gasteiger partial charge >= 0.3 is 0 Å². The summed E-state index contributed by atoms with van der Waals surface area (Å²) in [4.78, 5) is 22.1. The number of rotatable bonds is 2. The van der Waals surface area contributed by atoms with Crippen LogP contribution in [0.4, 0.5) is 5.69 Å². The average molecular weight is 429 g/mol. The summed E-state index contributed by atoms with van der Waals surface area (Å²) < 4.78 is 0.884. The van der Waals surface area contributed by atoms with Crippen LogP contribution >= 0.6 is 15.9 Å². The maximum absolute atomic E-state index is 13.2. The first kappa shape index (κ1) is 17.6. The minimum Gasteiger partial charge on any atom is -0.306 e. The molecule has 5 rings (SSSR count). The Bertz CT molecular complexity index is 842. The van der Waals surface area contributed by atoms with E-state index in [2.05, 4.69) is 31.9 Å². The lowest BCUT2D eigenvalue weighted by molar-refractivity contribution is -0.123. The lowest BCUT2D eigenvalue weighted by Gasteiger charge is -2.54. The van der Waals surface area contributed by atoms with E-state index in [1.807, 2.05) is 24.8 Å². The smallest absolute Gasteiger partial charge is 0.239 e. The maximum Gasteiger partial charge on any atom is 0.239 e. The first-order valence-corrected chi connectivity index (χ1v) is 10.8. The van der Waals surface area contributed by atoms with Gasteiger partial charge in [0.25, 0.3) is 0 Å². The molecule has 3 fully saturated rings. The molecule has 5 nitrogen and oxygen atoms in total. The number of carbonyl (C=O) groups is 1. The number of halogens is 1. The van der Waals surface area contributed by atoms with Crippen LogP contribution in [0.1, 0.15) is 51.6 Å². The van der Waals surface area contributed by atoms with Crippen LogP contribution in [-0.4, -0.2) is 40.5 Å². The number of hydrogen-bond donors (Lipinski definition) is 0. The van der Waals surface area contributed by atoms with Gasteiger partial charge in [0.1, 0.15) is 5.54 Å². The number of nitrogens with zero attached hydrogens (tertiary/aromatic N) is 4. The van der Waals surface area contributed by atoms with Gasteiger partial charge in [0.05, 0.1) is 22.9 Å². The Morgan fingerprint density at radius 2 is 1.93 bits per heavy atom. The van der Waals surface area contributed by atoms with Gasteiger partial charge in [-0.15, -0.1) is 0 Å². The summed E-state index contributed by atoms with van der Waals surface area (Å²) in [6.45, 7) is 6.01. The highest BCUT2D eigenvalue weighted by molar-refractivity contribution is 9.10. The van der Waals surface area contributed by atoms with Gasteiger partial charge in [-0.05, 0) is 66.9 Å². The molecule has 27 heavy (non-hydrogen) atoms. The summed E-state index contributed by atoms with van der Waals surface area (Å²) in [5.41, 5.74) is 0.764. The Morgan fingerprint density at radius 1 is 1.26 bits per heavy atom. The zero-order valence-electron chi connectivity index (χ0n) is 15.9. The van der Waals surface area contributed by atoms with Crippen molar-refractivity contribution >= 4 is 27.5 Å². The Balaban J connectivity index is 1.41. The average Bonchev–Trinajstić information content (AvgIpc) is 3.03. The lowest BCUT2D eigenvalue weighted by atomic mass is 9.70. The van der Waals surface area contributed by atoms with Crippen LogP contribution in [0, 0.1) is 23.2 Å². The highest BCUT2D eigenvalue weighted by atomic mass is 79.9. The van der Waals surface area contributed by atoms with E-state index in [1.54, 1.807) is 6.20 Å². The Morgan fingerprint density at radius 3 is 2.56 bits per heavy atom. The second-order valence-corrected chi connectivity index (χ2v) is 10.4. The summed E-state index contributed by atoms with van der Waals surface area (Å²) in [7, 11) is 0. The number of fused-ring (bicyclic) bond motifs is 3. The molecule has 2 bridgehead atoms. The van der Waals surface area contributed by atoms with Crippen molar-refractivity contribution in [1.82, 2.24) is 9.88 Å².